The van der Waals surface area contributed by atoms with Crippen molar-refractivity contribution in [3.8, 4) is 0 Å². The van der Waals surface area contributed by atoms with E-state index in [-0.39, 0.29) is 0 Å². The van der Waals surface area contributed by atoms with E-state index in [1.54, 1.807) is 0 Å². The van der Waals surface area contributed by atoms with Crippen LogP contribution in [0.1, 0.15) is 19.3 Å². The normalized spacial score (nSPS) is 18.8. The van der Waals surface area contributed by atoms with E-state index in [1.165, 1.54) is 43.7 Å². The number of hydrogen-bond donors (Lipinski definition) is 0. The van der Waals surface area contributed by atoms with Crippen molar-refractivity contribution in [2.24, 2.45) is 0 Å². The fourth-order valence-corrected chi connectivity index (χ4v) is 3.92. The highest BCUT2D eigenvalue weighted by atomic mass is 35.5. The Morgan fingerprint density at radius 1 is 0.652 bits per heavy atom. The Bertz CT molecular complexity index is 682. The van der Waals surface area contributed by atoms with Gasteiger partial charge >= 0.3 is 0 Å². The van der Waals surface area contributed by atoms with Gasteiger partial charge in [0.15, 0.2) is 0 Å². The van der Waals surface area contributed by atoms with E-state index in [2.05, 4.69) is 51.3 Å². The van der Waals surface area contributed by atoms with Crippen molar-refractivity contribution < 1.29 is 0 Å². The van der Waals surface area contributed by atoms with Crippen LogP contribution in [0.3, 0.4) is 0 Å². The van der Waals surface area contributed by atoms with E-state index in [4.69, 9.17) is 11.6 Å². The van der Waals surface area contributed by atoms with Gasteiger partial charge in [0.2, 0.25) is 0 Å². The van der Waals surface area contributed by atoms with Crippen LogP contribution in [0.5, 0.6) is 0 Å². The number of nitrogens with zero attached hydrogens (tertiary/aromatic N) is 3. The van der Waals surface area contributed by atoms with Gasteiger partial charge in [-0.15, -0.1) is 0 Å². The molecule has 2 aromatic carbocycles. The predicted molar refractivity (Wildman–Crippen MR) is 97.7 cm³/mol. The Morgan fingerprint density at radius 3 is 2.04 bits per heavy atom. The van der Waals surface area contributed by atoms with E-state index in [0.717, 1.165) is 23.8 Å². The Kier molecular flexibility index (Phi) is 4.15. The van der Waals surface area contributed by atoms with E-state index >= 15 is 0 Å². The molecule has 1 fully saturated rings. The average Bonchev–Trinajstić information content (AvgIpc) is 2.62. The van der Waals surface area contributed by atoms with Crippen LogP contribution >= 0.6 is 11.6 Å². The molecular formula is C19H22ClN3. The molecule has 0 bridgehead atoms. The van der Waals surface area contributed by atoms with Gasteiger partial charge in [-0.05, 0) is 37.1 Å². The molecule has 120 valence electrons. The van der Waals surface area contributed by atoms with Crippen LogP contribution in [0.25, 0.3) is 0 Å². The number of para-hydroxylation sites is 3. The minimum atomic E-state index is 0.814. The summed E-state index contributed by atoms with van der Waals surface area (Å²) in [6, 6.07) is 16.8. The molecule has 4 heteroatoms. The zero-order valence-corrected chi connectivity index (χ0v) is 14.0. The largest absolute Gasteiger partial charge is 0.337 e. The van der Waals surface area contributed by atoms with Gasteiger partial charge in [-0.25, -0.2) is 5.01 Å². The van der Waals surface area contributed by atoms with Gasteiger partial charge in [0, 0.05) is 19.6 Å². The lowest BCUT2D eigenvalue weighted by atomic mass is 10.1. The average molecular weight is 328 g/mol. The molecule has 0 atom stereocenters. The fourth-order valence-electron chi connectivity index (χ4n) is 3.68. The molecule has 0 saturated carbocycles. The van der Waals surface area contributed by atoms with Crippen molar-refractivity contribution in [3.63, 3.8) is 0 Å². The second-order valence-electron chi connectivity index (χ2n) is 6.23. The van der Waals surface area contributed by atoms with Crippen LogP contribution in [0, 0.1) is 0 Å². The van der Waals surface area contributed by atoms with Gasteiger partial charge in [-0.1, -0.05) is 42.3 Å². The fraction of sp³-hybridized carbons (Fsp3) is 0.368. The smallest absolute Gasteiger partial charge is 0.0760 e. The summed E-state index contributed by atoms with van der Waals surface area (Å²) in [5.74, 6) is 0. The molecule has 1 saturated heterocycles. The lowest BCUT2D eigenvalue weighted by molar-refractivity contribution is 0.207. The minimum Gasteiger partial charge on any atom is -0.337 e. The van der Waals surface area contributed by atoms with Crippen LogP contribution in [0.4, 0.5) is 17.1 Å². The Balaban J connectivity index is 1.71. The maximum atomic E-state index is 6.44. The number of halogens is 1. The van der Waals surface area contributed by atoms with Crippen molar-refractivity contribution in [1.82, 2.24) is 5.01 Å². The molecule has 2 heterocycles. The first-order chi connectivity index (χ1) is 11.3. The predicted octanol–water partition coefficient (Wildman–Crippen LogP) is 4.70. The monoisotopic (exact) mass is 327 g/mol. The van der Waals surface area contributed by atoms with E-state index in [9.17, 15) is 0 Å². The molecule has 2 aliphatic heterocycles. The summed E-state index contributed by atoms with van der Waals surface area (Å²) in [6.45, 7) is 4.29. The number of rotatable bonds is 2. The lowest BCUT2D eigenvalue weighted by Gasteiger charge is -2.45. The van der Waals surface area contributed by atoms with Gasteiger partial charge < -0.3 is 9.91 Å². The molecule has 23 heavy (non-hydrogen) atoms. The number of hydrazine groups is 1. The quantitative estimate of drug-likeness (QED) is 0.791. The number of piperidine rings is 1. The van der Waals surface area contributed by atoms with Crippen molar-refractivity contribution in [3.05, 3.63) is 53.6 Å². The van der Waals surface area contributed by atoms with Gasteiger partial charge in [0.25, 0.3) is 0 Å². The molecule has 0 aromatic heterocycles. The summed E-state index contributed by atoms with van der Waals surface area (Å²) >= 11 is 6.44. The third-order valence-electron chi connectivity index (χ3n) is 4.80. The van der Waals surface area contributed by atoms with Gasteiger partial charge in [0.1, 0.15) is 0 Å². The van der Waals surface area contributed by atoms with Gasteiger partial charge in [-0.3, -0.25) is 0 Å². The first kappa shape index (κ1) is 14.9. The Hall–Kier alpha value is -1.71. The zero-order chi connectivity index (χ0) is 15.6. The molecule has 0 N–H and O–H groups in total. The topological polar surface area (TPSA) is 9.72 Å². The highest BCUT2D eigenvalue weighted by Crippen LogP contribution is 2.40. The van der Waals surface area contributed by atoms with Crippen LogP contribution in [-0.4, -0.2) is 31.2 Å². The standard InChI is InChI=1S/C19H22ClN3/c20-16-8-2-3-9-17(16)22-14-15-23(21-12-6-1-7-13-21)19-11-5-4-10-18(19)22/h2-5,8-11H,1,6-7,12-15H2. The Labute approximate surface area is 143 Å². The molecule has 0 amide bonds. The van der Waals surface area contributed by atoms with Crippen LogP contribution < -0.4 is 9.91 Å². The third-order valence-corrected chi connectivity index (χ3v) is 5.12. The third kappa shape index (κ3) is 2.79. The maximum absolute atomic E-state index is 6.44. The molecule has 0 spiro atoms. The summed E-state index contributed by atoms with van der Waals surface area (Å²) in [6.07, 6.45) is 3.96. The summed E-state index contributed by atoms with van der Waals surface area (Å²) < 4.78 is 0. The van der Waals surface area contributed by atoms with Crippen LogP contribution in [0.2, 0.25) is 5.02 Å². The molecule has 2 aromatic rings. The van der Waals surface area contributed by atoms with Gasteiger partial charge in [0.05, 0.1) is 28.6 Å². The number of anilines is 3. The first-order valence-corrected chi connectivity index (χ1v) is 8.86. The minimum absolute atomic E-state index is 0.814. The molecule has 4 rings (SSSR count). The molecular weight excluding hydrogens is 306 g/mol. The number of fused-ring (bicyclic) bond motifs is 1. The van der Waals surface area contributed by atoms with Crippen molar-refractivity contribution in [1.29, 1.82) is 0 Å². The first-order valence-electron chi connectivity index (χ1n) is 8.48. The summed E-state index contributed by atoms with van der Waals surface area (Å²) in [5.41, 5.74) is 3.64. The maximum Gasteiger partial charge on any atom is 0.0760 e. The van der Waals surface area contributed by atoms with E-state index in [0.29, 0.717) is 0 Å². The molecule has 2 aliphatic rings. The van der Waals surface area contributed by atoms with Crippen LogP contribution in [-0.2, 0) is 0 Å². The molecule has 0 aliphatic carbocycles. The SMILES string of the molecule is Clc1ccccc1N1CCN(N2CCCCC2)c2ccccc21. The van der Waals surface area contributed by atoms with E-state index < -0.39 is 0 Å². The number of hydrogen-bond acceptors (Lipinski definition) is 3. The molecule has 3 nitrogen and oxygen atoms in total. The second kappa shape index (κ2) is 6.42. The summed E-state index contributed by atoms with van der Waals surface area (Å²) in [5, 5.41) is 5.81. The van der Waals surface area contributed by atoms with Crippen LogP contribution in [0.15, 0.2) is 48.5 Å². The van der Waals surface area contributed by atoms with E-state index in [1.807, 2.05) is 12.1 Å². The lowest BCUT2D eigenvalue weighted by Crippen LogP contribution is -2.51. The van der Waals surface area contributed by atoms with Crippen molar-refractivity contribution in [2.75, 3.05) is 36.1 Å². The van der Waals surface area contributed by atoms with Crippen molar-refractivity contribution in [2.45, 2.75) is 19.3 Å². The van der Waals surface area contributed by atoms with Gasteiger partial charge in [-0.2, -0.15) is 0 Å². The molecule has 0 unspecified atom stereocenters. The summed E-state index contributed by atoms with van der Waals surface area (Å²) in [7, 11) is 0. The second-order valence-corrected chi connectivity index (χ2v) is 6.64. The summed E-state index contributed by atoms with van der Waals surface area (Å²) in [4.78, 5) is 2.35. The number of benzene rings is 2. The van der Waals surface area contributed by atoms with Crippen molar-refractivity contribution >= 4 is 28.7 Å². The molecule has 0 radical (unpaired) electrons. The Morgan fingerprint density at radius 2 is 1.30 bits per heavy atom. The highest BCUT2D eigenvalue weighted by Gasteiger charge is 2.28. The zero-order valence-electron chi connectivity index (χ0n) is 13.3. The highest BCUT2D eigenvalue weighted by molar-refractivity contribution is 6.33.